The van der Waals surface area contributed by atoms with Gasteiger partial charge in [0.25, 0.3) is 0 Å². The Morgan fingerprint density at radius 1 is 1.43 bits per heavy atom. The van der Waals surface area contributed by atoms with Crippen molar-refractivity contribution in [3.05, 3.63) is 36.0 Å². The van der Waals surface area contributed by atoms with Crippen LogP contribution in [0.3, 0.4) is 0 Å². The quantitative estimate of drug-likeness (QED) is 0.621. The van der Waals surface area contributed by atoms with Gasteiger partial charge in [0.05, 0.1) is 5.71 Å². The summed E-state index contributed by atoms with van der Waals surface area (Å²) >= 11 is 0. The van der Waals surface area contributed by atoms with Crippen LogP contribution in [0.25, 0.3) is 0 Å². The molecule has 1 heterocycles. The fourth-order valence-electron chi connectivity index (χ4n) is 1.86. The molecule has 1 aliphatic carbocycles. The molecule has 1 unspecified atom stereocenters. The van der Waals surface area contributed by atoms with Gasteiger partial charge in [-0.25, -0.2) is 0 Å². The van der Waals surface area contributed by atoms with Crippen molar-refractivity contribution in [1.29, 1.82) is 0 Å². The molecule has 0 saturated carbocycles. The molecule has 0 N–H and O–H groups in total. The molecule has 0 saturated heterocycles. The summed E-state index contributed by atoms with van der Waals surface area (Å²) in [5, 5.41) is 4.02. The van der Waals surface area contributed by atoms with Gasteiger partial charge in [0.1, 0.15) is 0 Å². The Morgan fingerprint density at radius 2 is 2.29 bits per heavy atom. The van der Waals surface area contributed by atoms with E-state index < -0.39 is 0 Å². The van der Waals surface area contributed by atoms with Gasteiger partial charge in [-0.2, -0.15) is 0 Å². The van der Waals surface area contributed by atoms with Crippen molar-refractivity contribution in [1.82, 2.24) is 0 Å². The minimum absolute atomic E-state index is 0.243. The van der Waals surface area contributed by atoms with E-state index in [1.54, 1.807) is 0 Å². The number of hydrogen-bond acceptors (Lipinski definition) is 2. The van der Waals surface area contributed by atoms with Crippen LogP contribution in [-0.4, -0.2) is 11.3 Å². The summed E-state index contributed by atoms with van der Waals surface area (Å²) in [6, 6.07) is 0. The van der Waals surface area contributed by atoms with E-state index in [1.807, 2.05) is 6.92 Å². The number of allylic oxidation sites excluding steroid dienone is 4. The third-order valence-electron chi connectivity index (χ3n) is 2.60. The average molecular weight is 189 g/mol. The van der Waals surface area contributed by atoms with Gasteiger partial charge >= 0.3 is 0 Å². The lowest BCUT2D eigenvalue weighted by molar-refractivity contribution is 0.0292. The van der Waals surface area contributed by atoms with Crippen molar-refractivity contribution in [2.24, 2.45) is 5.16 Å². The number of rotatable bonds is 1. The van der Waals surface area contributed by atoms with E-state index in [-0.39, 0.29) is 5.60 Å². The van der Waals surface area contributed by atoms with E-state index in [0.29, 0.717) is 0 Å². The molecule has 0 spiro atoms. The van der Waals surface area contributed by atoms with Gasteiger partial charge in [0.15, 0.2) is 5.60 Å². The molecule has 0 aromatic carbocycles. The van der Waals surface area contributed by atoms with Crippen LogP contribution in [0.2, 0.25) is 0 Å². The zero-order chi connectivity index (χ0) is 10.0. The number of hydrogen-bond donors (Lipinski definition) is 0. The van der Waals surface area contributed by atoms with Gasteiger partial charge in [0.2, 0.25) is 0 Å². The fourth-order valence-corrected chi connectivity index (χ4v) is 1.86. The van der Waals surface area contributed by atoms with Gasteiger partial charge in [-0.05, 0) is 25.8 Å². The molecule has 0 aromatic heterocycles. The summed E-state index contributed by atoms with van der Waals surface area (Å²) < 4.78 is 0. The Kier molecular flexibility index (Phi) is 2.28. The molecule has 0 radical (unpaired) electrons. The lowest BCUT2D eigenvalue weighted by Crippen LogP contribution is -2.26. The van der Waals surface area contributed by atoms with Crippen LogP contribution in [0.4, 0.5) is 0 Å². The molecule has 2 heteroatoms. The third kappa shape index (κ3) is 1.65. The Bertz CT molecular complexity index is 349. The molecular formula is C12H15NO. The van der Waals surface area contributed by atoms with Crippen molar-refractivity contribution in [2.45, 2.75) is 32.3 Å². The van der Waals surface area contributed by atoms with Gasteiger partial charge in [0, 0.05) is 6.42 Å². The Morgan fingerprint density at radius 3 is 3.00 bits per heavy atom. The first-order chi connectivity index (χ1) is 6.71. The minimum Gasteiger partial charge on any atom is -0.384 e. The second kappa shape index (κ2) is 3.45. The van der Waals surface area contributed by atoms with Gasteiger partial charge in [-0.1, -0.05) is 35.5 Å². The predicted octanol–water partition coefficient (Wildman–Crippen LogP) is 2.98. The SMILES string of the molecule is CC1=NOC(C)(C2=CCC=CC=C2)C1. The van der Waals surface area contributed by atoms with Gasteiger partial charge < -0.3 is 4.84 Å². The third-order valence-corrected chi connectivity index (χ3v) is 2.60. The molecule has 1 atom stereocenters. The molecule has 0 aromatic rings. The lowest BCUT2D eigenvalue weighted by Gasteiger charge is -2.22. The largest absolute Gasteiger partial charge is 0.384 e. The monoisotopic (exact) mass is 189 g/mol. The highest BCUT2D eigenvalue weighted by atomic mass is 16.7. The van der Waals surface area contributed by atoms with Crippen LogP contribution in [0, 0.1) is 0 Å². The molecule has 1 aliphatic heterocycles. The minimum atomic E-state index is -0.243. The van der Waals surface area contributed by atoms with E-state index in [1.165, 1.54) is 5.57 Å². The summed E-state index contributed by atoms with van der Waals surface area (Å²) in [6.45, 7) is 4.10. The Balaban J connectivity index is 2.19. The second-order valence-corrected chi connectivity index (χ2v) is 4.01. The summed E-state index contributed by atoms with van der Waals surface area (Å²) in [6.07, 6.45) is 12.4. The molecule has 2 rings (SSSR count). The van der Waals surface area contributed by atoms with Crippen LogP contribution in [0.5, 0.6) is 0 Å². The van der Waals surface area contributed by atoms with Crippen molar-refractivity contribution in [3.63, 3.8) is 0 Å². The van der Waals surface area contributed by atoms with E-state index in [9.17, 15) is 0 Å². The van der Waals surface area contributed by atoms with Crippen LogP contribution < -0.4 is 0 Å². The van der Waals surface area contributed by atoms with E-state index >= 15 is 0 Å². The molecule has 0 bridgehead atoms. The Hall–Kier alpha value is -1.31. The zero-order valence-corrected chi connectivity index (χ0v) is 8.66. The zero-order valence-electron chi connectivity index (χ0n) is 8.66. The second-order valence-electron chi connectivity index (χ2n) is 4.01. The van der Waals surface area contributed by atoms with Crippen molar-refractivity contribution in [2.75, 3.05) is 0 Å². The normalized spacial score (nSPS) is 30.7. The van der Waals surface area contributed by atoms with E-state index in [0.717, 1.165) is 18.6 Å². The first-order valence-corrected chi connectivity index (χ1v) is 4.96. The molecule has 74 valence electrons. The first kappa shape index (κ1) is 9.25. The van der Waals surface area contributed by atoms with Crippen molar-refractivity contribution < 1.29 is 4.84 Å². The van der Waals surface area contributed by atoms with Crippen LogP contribution >= 0.6 is 0 Å². The van der Waals surface area contributed by atoms with Gasteiger partial charge in [-0.15, -0.1) is 0 Å². The van der Waals surface area contributed by atoms with Crippen molar-refractivity contribution in [3.8, 4) is 0 Å². The smallest absolute Gasteiger partial charge is 0.164 e. The standard InChI is InChI=1S/C12H15NO/c1-10-9-12(2,14-13-10)11-7-5-3-4-6-8-11/h3-5,7-8H,6,9H2,1-2H3. The first-order valence-electron chi connectivity index (χ1n) is 4.96. The highest BCUT2D eigenvalue weighted by Gasteiger charge is 2.35. The van der Waals surface area contributed by atoms with Crippen LogP contribution in [0.1, 0.15) is 26.7 Å². The van der Waals surface area contributed by atoms with Crippen molar-refractivity contribution >= 4 is 5.71 Å². The average Bonchev–Trinajstić information content (AvgIpc) is 2.45. The molecule has 2 nitrogen and oxygen atoms in total. The molecule has 14 heavy (non-hydrogen) atoms. The maximum Gasteiger partial charge on any atom is 0.164 e. The highest BCUT2D eigenvalue weighted by molar-refractivity contribution is 5.84. The summed E-state index contributed by atoms with van der Waals surface area (Å²) in [7, 11) is 0. The van der Waals surface area contributed by atoms with Crippen LogP contribution in [0.15, 0.2) is 41.1 Å². The summed E-state index contributed by atoms with van der Waals surface area (Å²) in [5.74, 6) is 0. The highest BCUT2D eigenvalue weighted by Crippen LogP contribution is 2.32. The van der Waals surface area contributed by atoms with Crippen LogP contribution in [-0.2, 0) is 4.84 Å². The fraction of sp³-hybridized carbons (Fsp3) is 0.417. The van der Waals surface area contributed by atoms with E-state index in [4.69, 9.17) is 4.84 Å². The lowest BCUT2D eigenvalue weighted by atomic mass is 9.90. The Labute approximate surface area is 84.6 Å². The van der Waals surface area contributed by atoms with E-state index in [2.05, 4.69) is 42.5 Å². The maximum absolute atomic E-state index is 5.49. The molecular weight excluding hydrogens is 174 g/mol. The van der Waals surface area contributed by atoms with Gasteiger partial charge in [-0.3, -0.25) is 0 Å². The molecule has 0 amide bonds. The number of nitrogens with zero attached hydrogens (tertiary/aromatic N) is 1. The molecule has 2 aliphatic rings. The maximum atomic E-state index is 5.49. The molecule has 0 fully saturated rings. The predicted molar refractivity (Wildman–Crippen MR) is 58.2 cm³/mol. The topological polar surface area (TPSA) is 21.6 Å². The number of oxime groups is 1. The summed E-state index contributed by atoms with van der Waals surface area (Å²) in [4.78, 5) is 5.49. The summed E-state index contributed by atoms with van der Waals surface area (Å²) in [5.41, 5.74) is 2.05.